The summed E-state index contributed by atoms with van der Waals surface area (Å²) in [6.45, 7) is 0. The fourth-order valence-corrected chi connectivity index (χ4v) is 1.76. The number of amides is 1. The van der Waals surface area contributed by atoms with Crippen LogP contribution in [0.3, 0.4) is 0 Å². The predicted octanol–water partition coefficient (Wildman–Crippen LogP) is 2.05. The summed E-state index contributed by atoms with van der Waals surface area (Å²) >= 11 is 0.966. The third kappa shape index (κ3) is 5.62. The Balaban J connectivity index is 2.45. The Morgan fingerprint density at radius 3 is 2.67 bits per heavy atom. The van der Waals surface area contributed by atoms with Crippen LogP contribution in [0.1, 0.15) is 18.5 Å². The quantitative estimate of drug-likeness (QED) is 0.866. The molecule has 0 aliphatic heterocycles. The van der Waals surface area contributed by atoms with Crippen molar-refractivity contribution in [2.75, 3.05) is 5.32 Å². The van der Waals surface area contributed by atoms with Gasteiger partial charge in [0.15, 0.2) is 5.13 Å². The van der Waals surface area contributed by atoms with E-state index in [0.29, 0.717) is 0 Å². The second-order valence-corrected chi connectivity index (χ2v) is 4.24. The summed E-state index contributed by atoms with van der Waals surface area (Å²) in [6, 6.07) is 0. The minimum Gasteiger partial charge on any atom is -0.481 e. The van der Waals surface area contributed by atoms with Crippen LogP contribution in [0.2, 0.25) is 0 Å². The zero-order valence-electron chi connectivity index (χ0n) is 8.95. The van der Waals surface area contributed by atoms with Gasteiger partial charge in [0, 0.05) is 11.8 Å². The number of nitrogens with one attached hydrogen (secondary N) is 1. The van der Waals surface area contributed by atoms with Crippen molar-refractivity contribution in [2.24, 2.45) is 0 Å². The van der Waals surface area contributed by atoms with Gasteiger partial charge in [-0.15, -0.1) is 11.3 Å². The number of alkyl halides is 3. The van der Waals surface area contributed by atoms with Crippen molar-refractivity contribution in [3.05, 3.63) is 11.1 Å². The highest BCUT2D eigenvalue weighted by Gasteiger charge is 2.28. The number of nitrogens with zero attached hydrogens (tertiary/aromatic N) is 1. The molecule has 0 aromatic carbocycles. The molecule has 5 nitrogen and oxygen atoms in total. The van der Waals surface area contributed by atoms with E-state index in [2.05, 4.69) is 10.3 Å². The van der Waals surface area contributed by atoms with Crippen LogP contribution in [-0.2, 0) is 16.0 Å². The van der Waals surface area contributed by atoms with Gasteiger partial charge in [-0.25, -0.2) is 4.98 Å². The lowest BCUT2D eigenvalue weighted by atomic mass is 10.3. The number of hydrogen-bond donors (Lipinski definition) is 2. The molecule has 1 aromatic heterocycles. The van der Waals surface area contributed by atoms with E-state index < -0.39 is 30.9 Å². The molecule has 18 heavy (non-hydrogen) atoms. The number of carbonyl (C=O) groups is 2. The summed E-state index contributed by atoms with van der Waals surface area (Å²) in [6.07, 6.45) is -6.56. The van der Waals surface area contributed by atoms with Crippen molar-refractivity contribution in [3.8, 4) is 0 Å². The molecular formula is C9H9F3N2O3S. The Morgan fingerprint density at radius 1 is 1.44 bits per heavy atom. The van der Waals surface area contributed by atoms with E-state index in [1.165, 1.54) is 5.38 Å². The van der Waals surface area contributed by atoms with Gasteiger partial charge in [-0.3, -0.25) is 9.59 Å². The molecule has 0 saturated carbocycles. The van der Waals surface area contributed by atoms with E-state index in [1.807, 2.05) is 0 Å². The van der Waals surface area contributed by atoms with Crippen LogP contribution < -0.4 is 5.32 Å². The van der Waals surface area contributed by atoms with Gasteiger partial charge in [0.1, 0.15) is 0 Å². The highest BCUT2D eigenvalue weighted by atomic mass is 32.1. The zero-order chi connectivity index (χ0) is 13.8. The van der Waals surface area contributed by atoms with Crippen LogP contribution in [0, 0.1) is 0 Å². The van der Waals surface area contributed by atoms with Gasteiger partial charge in [0.2, 0.25) is 5.91 Å². The summed E-state index contributed by atoms with van der Waals surface area (Å²) in [5, 5.41) is 12.2. The van der Waals surface area contributed by atoms with Crippen molar-refractivity contribution < 1.29 is 27.9 Å². The third-order valence-corrected chi connectivity index (χ3v) is 2.57. The Hall–Kier alpha value is -1.64. The Labute approximate surface area is 104 Å². The largest absolute Gasteiger partial charge is 0.481 e. The van der Waals surface area contributed by atoms with Crippen molar-refractivity contribution in [1.82, 2.24) is 4.98 Å². The first-order valence-corrected chi connectivity index (χ1v) is 5.67. The summed E-state index contributed by atoms with van der Waals surface area (Å²) in [7, 11) is 0. The Kier molecular flexibility index (Phi) is 4.65. The molecule has 0 radical (unpaired) electrons. The number of rotatable bonds is 5. The van der Waals surface area contributed by atoms with E-state index >= 15 is 0 Å². The molecule has 0 aliphatic carbocycles. The minimum absolute atomic E-state index is 0.0958. The van der Waals surface area contributed by atoms with Crippen LogP contribution >= 0.6 is 11.3 Å². The number of aliphatic carboxylic acids is 1. The third-order valence-electron chi connectivity index (χ3n) is 1.77. The van der Waals surface area contributed by atoms with Gasteiger partial charge in [-0.1, -0.05) is 0 Å². The summed E-state index contributed by atoms with van der Waals surface area (Å²) < 4.78 is 35.5. The van der Waals surface area contributed by atoms with Crippen LogP contribution in [0.15, 0.2) is 5.38 Å². The van der Waals surface area contributed by atoms with Crippen molar-refractivity contribution in [2.45, 2.75) is 25.4 Å². The molecular weight excluding hydrogens is 273 g/mol. The molecule has 9 heteroatoms. The Bertz CT molecular complexity index is 445. The summed E-state index contributed by atoms with van der Waals surface area (Å²) in [5.74, 6) is -1.88. The predicted molar refractivity (Wildman–Crippen MR) is 57.4 cm³/mol. The second-order valence-electron chi connectivity index (χ2n) is 3.38. The molecule has 1 amide bonds. The number of aromatic nitrogens is 1. The molecule has 1 heterocycles. The first-order valence-electron chi connectivity index (χ1n) is 4.79. The van der Waals surface area contributed by atoms with Gasteiger partial charge in [0.25, 0.3) is 0 Å². The standard InChI is InChI=1S/C9H9F3N2O3S/c10-9(11,12)2-1-6(15)14-8-13-5(4-18-8)3-7(16)17/h4H,1-3H2,(H,16,17)(H,13,14,15). The van der Waals surface area contributed by atoms with E-state index in [0.717, 1.165) is 11.3 Å². The molecule has 1 aromatic rings. The first-order chi connectivity index (χ1) is 8.26. The molecule has 0 bridgehead atoms. The normalized spacial score (nSPS) is 11.3. The average molecular weight is 282 g/mol. The number of anilines is 1. The second kappa shape index (κ2) is 5.80. The van der Waals surface area contributed by atoms with Gasteiger partial charge in [0.05, 0.1) is 18.5 Å². The SMILES string of the molecule is O=C(O)Cc1csc(NC(=O)CCC(F)(F)F)n1. The molecule has 0 fully saturated rings. The fraction of sp³-hybridized carbons (Fsp3) is 0.444. The van der Waals surface area contributed by atoms with Crippen LogP contribution in [-0.4, -0.2) is 28.1 Å². The molecule has 100 valence electrons. The first kappa shape index (κ1) is 14.4. The maximum atomic E-state index is 11.8. The highest BCUT2D eigenvalue weighted by molar-refractivity contribution is 7.13. The zero-order valence-corrected chi connectivity index (χ0v) is 9.77. The summed E-state index contributed by atoms with van der Waals surface area (Å²) in [5.41, 5.74) is 0.249. The van der Waals surface area contributed by atoms with Crippen molar-refractivity contribution in [3.63, 3.8) is 0 Å². The molecule has 1 rings (SSSR count). The van der Waals surface area contributed by atoms with Crippen LogP contribution in [0.5, 0.6) is 0 Å². The molecule has 2 N–H and O–H groups in total. The lowest BCUT2D eigenvalue weighted by Gasteiger charge is -2.05. The fourth-order valence-electron chi connectivity index (χ4n) is 1.04. The molecule has 0 atom stereocenters. The van der Waals surface area contributed by atoms with Gasteiger partial charge in [-0.2, -0.15) is 13.2 Å². The maximum Gasteiger partial charge on any atom is 0.389 e. The maximum absolute atomic E-state index is 11.8. The van der Waals surface area contributed by atoms with Gasteiger partial charge < -0.3 is 10.4 Å². The number of hydrogen-bond acceptors (Lipinski definition) is 4. The number of carboxylic acids is 1. The molecule has 0 unspecified atom stereocenters. The average Bonchev–Trinajstić information content (AvgIpc) is 2.60. The lowest BCUT2D eigenvalue weighted by Crippen LogP contribution is -2.16. The van der Waals surface area contributed by atoms with Crippen LogP contribution in [0.4, 0.5) is 18.3 Å². The van der Waals surface area contributed by atoms with Crippen molar-refractivity contribution >= 4 is 28.3 Å². The number of carboxylic acid groups (broad SMARTS) is 1. The van der Waals surface area contributed by atoms with Gasteiger partial charge in [-0.05, 0) is 0 Å². The number of thiazole rings is 1. The van der Waals surface area contributed by atoms with Crippen LogP contribution in [0.25, 0.3) is 0 Å². The van der Waals surface area contributed by atoms with E-state index in [9.17, 15) is 22.8 Å². The van der Waals surface area contributed by atoms with E-state index in [4.69, 9.17) is 5.11 Å². The lowest BCUT2D eigenvalue weighted by molar-refractivity contribution is -0.142. The van der Waals surface area contributed by atoms with Gasteiger partial charge >= 0.3 is 12.1 Å². The Morgan fingerprint density at radius 2 is 2.11 bits per heavy atom. The molecule has 0 saturated heterocycles. The van der Waals surface area contributed by atoms with E-state index in [-0.39, 0.29) is 17.2 Å². The van der Waals surface area contributed by atoms with E-state index in [1.54, 1.807) is 0 Å². The van der Waals surface area contributed by atoms with Crippen molar-refractivity contribution in [1.29, 1.82) is 0 Å². The topological polar surface area (TPSA) is 79.3 Å². The number of halogens is 3. The minimum atomic E-state index is -4.38. The summed E-state index contributed by atoms with van der Waals surface area (Å²) in [4.78, 5) is 25.3. The smallest absolute Gasteiger partial charge is 0.389 e. The number of carbonyl (C=O) groups excluding carboxylic acids is 1. The molecule has 0 spiro atoms. The monoisotopic (exact) mass is 282 g/mol. The highest BCUT2D eigenvalue weighted by Crippen LogP contribution is 2.22. The molecule has 0 aliphatic rings.